The molecule has 7 nitrogen and oxygen atoms in total. The minimum atomic E-state index is -0.534. The number of halogens is 2. The van der Waals surface area contributed by atoms with Gasteiger partial charge in [0, 0.05) is 5.02 Å². The van der Waals surface area contributed by atoms with Crippen LogP contribution in [0.15, 0.2) is 48.5 Å². The second-order valence-electron chi connectivity index (χ2n) is 5.02. The molecule has 0 aromatic heterocycles. The fourth-order valence-corrected chi connectivity index (χ4v) is 2.39. The number of nitrogens with one attached hydrogen (secondary N) is 3. The molecular weight excluding hydrogens is 413 g/mol. The number of ether oxygens (including phenoxy) is 2. The summed E-state index contributed by atoms with van der Waals surface area (Å²) in [5.41, 5.74) is 4.69. The number of amides is 2. The highest BCUT2D eigenvalue weighted by molar-refractivity contribution is 7.80. The van der Waals surface area contributed by atoms with Gasteiger partial charge < -0.3 is 9.47 Å². The lowest BCUT2D eigenvalue weighted by atomic mass is 10.3. The van der Waals surface area contributed by atoms with Crippen molar-refractivity contribution in [3.05, 3.63) is 58.6 Å². The van der Waals surface area contributed by atoms with Gasteiger partial charge in [0.2, 0.25) is 0 Å². The van der Waals surface area contributed by atoms with Gasteiger partial charge >= 0.3 is 0 Å². The largest absolute Gasteiger partial charge is 0.484 e. The average Bonchev–Trinajstić information content (AvgIpc) is 2.65. The lowest BCUT2D eigenvalue weighted by molar-refractivity contribution is -0.124. The molecule has 2 rings (SSSR count). The zero-order valence-electron chi connectivity index (χ0n) is 13.8. The molecule has 0 heterocycles. The summed E-state index contributed by atoms with van der Waals surface area (Å²) in [5, 5.41) is 2.98. The minimum Gasteiger partial charge on any atom is -0.484 e. The Morgan fingerprint density at radius 3 is 2.33 bits per heavy atom. The molecule has 0 saturated carbocycles. The molecular formula is C17H15Cl2N3O4S. The maximum Gasteiger partial charge on any atom is 0.276 e. The summed E-state index contributed by atoms with van der Waals surface area (Å²) >= 11 is 16.6. The lowest BCUT2D eigenvalue weighted by Gasteiger charge is -2.12. The number of hydrazine groups is 1. The summed E-state index contributed by atoms with van der Waals surface area (Å²) in [6.45, 7) is -0.542. The topological polar surface area (TPSA) is 88.7 Å². The summed E-state index contributed by atoms with van der Waals surface area (Å²) in [5.74, 6) is -0.143. The van der Waals surface area contributed by atoms with E-state index in [1.807, 2.05) is 6.07 Å². The number of hydrogen-bond donors (Lipinski definition) is 3. The lowest BCUT2D eigenvalue weighted by Crippen LogP contribution is -2.50. The normalized spacial score (nSPS) is 9.85. The van der Waals surface area contributed by atoms with Crippen LogP contribution in [0.1, 0.15) is 0 Å². The SMILES string of the molecule is O=C(COc1ccccc1)NNC(=S)NC(=O)COc1ccc(Cl)cc1Cl. The summed E-state index contributed by atoms with van der Waals surface area (Å²) in [4.78, 5) is 23.5. The standard InChI is InChI=1S/C17H15Cl2N3O4S/c18-11-6-7-14(13(19)8-11)26-9-15(23)20-17(27)22-21-16(24)10-25-12-4-2-1-3-5-12/h1-8H,9-10H2,(H,21,24)(H2,20,22,23,27). The number of rotatable bonds is 6. The summed E-state index contributed by atoms with van der Waals surface area (Å²) in [7, 11) is 0. The molecule has 3 N–H and O–H groups in total. The fraction of sp³-hybridized carbons (Fsp3) is 0.118. The van der Waals surface area contributed by atoms with E-state index in [0.29, 0.717) is 16.5 Å². The third-order valence-electron chi connectivity index (χ3n) is 2.93. The van der Waals surface area contributed by atoms with Crippen molar-refractivity contribution in [2.75, 3.05) is 13.2 Å². The van der Waals surface area contributed by atoms with Gasteiger partial charge in [0.1, 0.15) is 11.5 Å². The predicted molar refractivity (Wildman–Crippen MR) is 106 cm³/mol. The van der Waals surface area contributed by atoms with Crippen LogP contribution in [0, 0.1) is 0 Å². The molecule has 2 amide bonds. The smallest absolute Gasteiger partial charge is 0.276 e. The van der Waals surface area contributed by atoms with E-state index in [0.717, 1.165) is 0 Å². The molecule has 0 unspecified atom stereocenters. The molecule has 0 aliphatic carbocycles. The third kappa shape index (κ3) is 7.69. The zero-order chi connectivity index (χ0) is 19.6. The van der Waals surface area contributed by atoms with Crippen molar-refractivity contribution in [1.82, 2.24) is 16.2 Å². The minimum absolute atomic E-state index is 0.0983. The maximum absolute atomic E-state index is 11.8. The van der Waals surface area contributed by atoms with Crippen LogP contribution in [0.2, 0.25) is 10.0 Å². The molecule has 0 fully saturated rings. The molecule has 0 aliphatic rings. The average molecular weight is 428 g/mol. The van der Waals surface area contributed by atoms with Gasteiger partial charge in [-0.05, 0) is 42.5 Å². The van der Waals surface area contributed by atoms with Crippen molar-refractivity contribution in [2.24, 2.45) is 0 Å². The second kappa shape index (κ2) is 10.6. The van der Waals surface area contributed by atoms with E-state index in [1.54, 1.807) is 36.4 Å². The quantitative estimate of drug-likeness (QED) is 0.484. The molecule has 142 valence electrons. The Labute approximate surface area is 170 Å². The van der Waals surface area contributed by atoms with E-state index >= 15 is 0 Å². The first kappa shape index (κ1) is 20.8. The van der Waals surface area contributed by atoms with E-state index in [9.17, 15) is 9.59 Å². The van der Waals surface area contributed by atoms with Crippen molar-refractivity contribution in [2.45, 2.75) is 0 Å². The highest BCUT2D eigenvalue weighted by atomic mass is 35.5. The number of carbonyl (C=O) groups excluding carboxylic acids is 2. The van der Waals surface area contributed by atoms with Crippen LogP contribution in [0.3, 0.4) is 0 Å². The van der Waals surface area contributed by atoms with Gasteiger partial charge in [-0.25, -0.2) is 0 Å². The molecule has 0 radical (unpaired) electrons. The van der Waals surface area contributed by atoms with Gasteiger partial charge in [0.15, 0.2) is 18.3 Å². The van der Waals surface area contributed by atoms with E-state index < -0.39 is 11.8 Å². The Balaban J connectivity index is 1.65. The van der Waals surface area contributed by atoms with Gasteiger partial charge in [-0.2, -0.15) is 0 Å². The number of para-hydroxylation sites is 1. The van der Waals surface area contributed by atoms with Crippen LogP contribution in [0.25, 0.3) is 0 Å². The van der Waals surface area contributed by atoms with Crippen LogP contribution in [-0.2, 0) is 9.59 Å². The Morgan fingerprint density at radius 2 is 1.63 bits per heavy atom. The van der Waals surface area contributed by atoms with Gasteiger partial charge in [0.05, 0.1) is 5.02 Å². The van der Waals surface area contributed by atoms with E-state index in [2.05, 4.69) is 16.2 Å². The first-order valence-electron chi connectivity index (χ1n) is 7.58. The number of thiocarbonyl (C=S) groups is 1. The Kier molecular flexibility index (Phi) is 8.12. The molecule has 10 heteroatoms. The monoisotopic (exact) mass is 427 g/mol. The van der Waals surface area contributed by atoms with Crippen LogP contribution < -0.4 is 25.6 Å². The Hall–Kier alpha value is -2.55. The highest BCUT2D eigenvalue weighted by Gasteiger charge is 2.09. The first-order chi connectivity index (χ1) is 12.9. The van der Waals surface area contributed by atoms with Crippen LogP contribution in [0.4, 0.5) is 0 Å². The van der Waals surface area contributed by atoms with Crippen LogP contribution in [0.5, 0.6) is 11.5 Å². The van der Waals surface area contributed by atoms with E-state index in [4.69, 9.17) is 44.9 Å². The van der Waals surface area contributed by atoms with Crippen LogP contribution >= 0.6 is 35.4 Å². The molecule has 0 atom stereocenters. The third-order valence-corrected chi connectivity index (χ3v) is 3.67. The number of hydrogen-bond acceptors (Lipinski definition) is 5. The summed E-state index contributed by atoms with van der Waals surface area (Å²) in [6.07, 6.45) is 0. The molecule has 2 aromatic rings. The van der Waals surface area contributed by atoms with Gasteiger partial charge in [-0.15, -0.1) is 0 Å². The van der Waals surface area contributed by atoms with Crippen molar-refractivity contribution in [1.29, 1.82) is 0 Å². The second-order valence-corrected chi connectivity index (χ2v) is 6.27. The molecule has 27 heavy (non-hydrogen) atoms. The molecule has 0 bridgehead atoms. The number of benzene rings is 2. The summed E-state index contributed by atoms with van der Waals surface area (Å²) < 4.78 is 10.5. The first-order valence-corrected chi connectivity index (χ1v) is 8.75. The van der Waals surface area contributed by atoms with Crippen molar-refractivity contribution >= 4 is 52.3 Å². The van der Waals surface area contributed by atoms with Crippen molar-refractivity contribution < 1.29 is 19.1 Å². The molecule has 0 aliphatic heterocycles. The van der Waals surface area contributed by atoms with Gasteiger partial charge in [-0.1, -0.05) is 41.4 Å². The van der Waals surface area contributed by atoms with Gasteiger partial charge in [-0.3, -0.25) is 25.8 Å². The van der Waals surface area contributed by atoms with Crippen LogP contribution in [-0.4, -0.2) is 30.1 Å². The van der Waals surface area contributed by atoms with Crippen molar-refractivity contribution in [3.8, 4) is 11.5 Å². The Morgan fingerprint density at radius 1 is 0.926 bits per heavy atom. The van der Waals surface area contributed by atoms with Crippen molar-refractivity contribution in [3.63, 3.8) is 0 Å². The van der Waals surface area contributed by atoms with E-state index in [1.165, 1.54) is 6.07 Å². The summed E-state index contributed by atoms with van der Waals surface area (Å²) in [6, 6.07) is 13.5. The molecule has 2 aromatic carbocycles. The molecule has 0 spiro atoms. The Bertz CT molecular complexity index is 821. The highest BCUT2D eigenvalue weighted by Crippen LogP contribution is 2.27. The van der Waals surface area contributed by atoms with E-state index in [-0.39, 0.29) is 23.3 Å². The predicted octanol–water partition coefficient (Wildman–Crippen LogP) is 2.47. The van der Waals surface area contributed by atoms with Gasteiger partial charge in [0.25, 0.3) is 11.8 Å². The fourth-order valence-electron chi connectivity index (χ4n) is 1.76. The molecule has 0 saturated heterocycles. The maximum atomic E-state index is 11.8. The number of carbonyl (C=O) groups is 2. The zero-order valence-corrected chi connectivity index (χ0v) is 16.2.